The van der Waals surface area contributed by atoms with Crippen LogP contribution in [0.5, 0.6) is 0 Å². The number of carbonyl (C=O) groups excluding carboxylic acids is 5. The number of likely N-dealkylation sites (N-methyl/N-ethyl adjacent to an activating group) is 1. The van der Waals surface area contributed by atoms with E-state index in [1.54, 1.807) is 48.0 Å². The SMILES string of the molecule is CC(C)C(C)N(C)C.CCC.CCC(C)C(C(CC(=O)N1CCCC1C(OC)C(C)C(=O)NC(Cc1ccccc1)C(=O)Nc1ccc(N)cc1)OC)N(C)C(=O)CNC=O.CN. The van der Waals surface area contributed by atoms with Crippen molar-refractivity contribution >= 4 is 41.4 Å². The van der Waals surface area contributed by atoms with Gasteiger partial charge in [-0.25, -0.2) is 0 Å². The minimum absolute atomic E-state index is 0.00352. The average molecular weight is 885 g/mol. The van der Waals surface area contributed by atoms with Gasteiger partial charge in [0.15, 0.2) is 0 Å². The van der Waals surface area contributed by atoms with Crippen molar-refractivity contribution in [2.75, 3.05) is 66.6 Å². The lowest BCUT2D eigenvalue weighted by Gasteiger charge is -2.39. The molecule has 0 aromatic heterocycles. The van der Waals surface area contributed by atoms with Crippen LogP contribution in [0.1, 0.15) is 93.1 Å². The summed E-state index contributed by atoms with van der Waals surface area (Å²) < 4.78 is 11.8. The number of rotatable bonds is 21. The van der Waals surface area contributed by atoms with Gasteiger partial charge in [0.1, 0.15) is 6.04 Å². The van der Waals surface area contributed by atoms with Crippen LogP contribution >= 0.6 is 0 Å². The number of amides is 5. The van der Waals surface area contributed by atoms with Crippen LogP contribution in [0, 0.1) is 17.8 Å². The first-order valence-corrected chi connectivity index (χ1v) is 22.4. The predicted molar refractivity (Wildman–Crippen MR) is 256 cm³/mol. The van der Waals surface area contributed by atoms with Gasteiger partial charge < -0.3 is 51.6 Å². The minimum Gasteiger partial charge on any atom is -0.399 e. The Hall–Kier alpha value is -4.57. The fourth-order valence-corrected chi connectivity index (χ4v) is 7.33. The molecule has 15 nitrogen and oxygen atoms in total. The third-order valence-electron chi connectivity index (χ3n) is 11.5. The molecule has 8 unspecified atom stereocenters. The smallest absolute Gasteiger partial charge is 0.247 e. The average Bonchev–Trinajstić information content (AvgIpc) is 3.76. The Labute approximate surface area is 379 Å². The molecule has 358 valence electrons. The van der Waals surface area contributed by atoms with E-state index < -0.39 is 30.2 Å². The summed E-state index contributed by atoms with van der Waals surface area (Å²) in [6.45, 7) is 17.1. The Kier molecular flexibility index (Phi) is 29.8. The number of nitrogen functional groups attached to an aromatic ring is 1. The van der Waals surface area contributed by atoms with Crippen LogP contribution in [0.2, 0.25) is 0 Å². The van der Waals surface area contributed by atoms with E-state index >= 15 is 0 Å². The molecule has 2 aromatic rings. The van der Waals surface area contributed by atoms with Crippen molar-refractivity contribution in [2.45, 2.75) is 130 Å². The Morgan fingerprint density at radius 1 is 0.889 bits per heavy atom. The normalized spacial score (nSPS) is 16.5. The number of methoxy groups -OCH3 is 2. The Balaban J connectivity index is 0.00000259. The van der Waals surface area contributed by atoms with E-state index in [2.05, 4.69) is 75.3 Å². The number of carbonyl (C=O) groups is 5. The summed E-state index contributed by atoms with van der Waals surface area (Å²) in [7, 11) is 10.4. The first-order valence-electron chi connectivity index (χ1n) is 22.4. The Morgan fingerprint density at radius 2 is 1.48 bits per heavy atom. The van der Waals surface area contributed by atoms with Gasteiger partial charge in [-0.05, 0) is 82.6 Å². The monoisotopic (exact) mass is 885 g/mol. The number of benzene rings is 2. The van der Waals surface area contributed by atoms with Crippen molar-refractivity contribution < 1.29 is 33.4 Å². The number of hydrogen-bond donors (Lipinski definition) is 5. The van der Waals surface area contributed by atoms with E-state index in [0.717, 1.165) is 24.3 Å². The van der Waals surface area contributed by atoms with Crippen molar-refractivity contribution in [3.8, 4) is 0 Å². The van der Waals surface area contributed by atoms with Gasteiger partial charge in [-0.15, -0.1) is 0 Å². The lowest BCUT2D eigenvalue weighted by Crippen LogP contribution is -2.55. The summed E-state index contributed by atoms with van der Waals surface area (Å²) in [6.07, 6.45) is 2.86. The largest absolute Gasteiger partial charge is 0.399 e. The molecule has 0 bridgehead atoms. The maximum absolute atomic E-state index is 13.9. The highest BCUT2D eigenvalue weighted by Crippen LogP contribution is 2.29. The minimum atomic E-state index is -0.884. The number of nitrogens with two attached hydrogens (primary N) is 2. The van der Waals surface area contributed by atoms with Crippen LogP contribution in [0.4, 0.5) is 11.4 Å². The van der Waals surface area contributed by atoms with Crippen LogP contribution in [-0.4, -0.2) is 137 Å². The van der Waals surface area contributed by atoms with Gasteiger partial charge in [0.2, 0.25) is 30.0 Å². The van der Waals surface area contributed by atoms with E-state index in [1.165, 1.54) is 27.7 Å². The molecule has 1 heterocycles. The van der Waals surface area contributed by atoms with E-state index in [4.69, 9.17) is 15.2 Å². The van der Waals surface area contributed by atoms with Gasteiger partial charge in [0.25, 0.3) is 0 Å². The fraction of sp³-hybridized carbons (Fsp3) is 0.646. The second-order valence-corrected chi connectivity index (χ2v) is 16.7. The molecule has 5 amide bonds. The summed E-state index contributed by atoms with van der Waals surface area (Å²) >= 11 is 0. The molecule has 1 saturated heterocycles. The zero-order chi connectivity index (χ0) is 48.2. The number of ether oxygens (including phenoxy) is 2. The number of nitrogens with zero attached hydrogens (tertiary/aromatic N) is 3. The number of anilines is 2. The lowest BCUT2D eigenvalue weighted by molar-refractivity contribution is -0.145. The zero-order valence-corrected chi connectivity index (χ0v) is 41.0. The second kappa shape index (κ2) is 32.1. The zero-order valence-electron chi connectivity index (χ0n) is 41.0. The highest BCUT2D eigenvalue weighted by molar-refractivity contribution is 5.97. The van der Waals surface area contributed by atoms with Gasteiger partial charge in [-0.2, -0.15) is 0 Å². The highest BCUT2D eigenvalue weighted by atomic mass is 16.5. The Morgan fingerprint density at radius 3 is 1.95 bits per heavy atom. The van der Waals surface area contributed by atoms with E-state index in [-0.39, 0.29) is 55.0 Å². The highest BCUT2D eigenvalue weighted by Gasteiger charge is 2.42. The quantitative estimate of drug-likeness (QED) is 0.0822. The van der Waals surface area contributed by atoms with E-state index in [9.17, 15) is 24.0 Å². The summed E-state index contributed by atoms with van der Waals surface area (Å²) in [6, 6.07) is 15.2. The molecule has 0 radical (unpaired) electrons. The molecule has 3 rings (SSSR count). The van der Waals surface area contributed by atoms with Crippen molar-refractivity contribution in [1.82, 2.24) is 25.3 Å². The first kappa shape index (κ1) is 58.4. The van der Waals surface area contributed by atoms with Gasteiger partial charge in [-0.3, -0.25) is 24.0 Å². The topological polar surface area (TPSA) is 202 Å². The third kappa shape index (κ3) is 20.2. The van der Waals surface area contributed by atoms with E-state index in [1.807, 2.05) is 44.2 Å². The molecule has 2 aromatic carbocycles. The van der Waals surface area contributed by atoms with Crippen LogP contribution in [0.25, 0.3) is 0 Å². The molecule has 0 saturated carbocycles. The van der Waals surface area contributed by atoms with Crippen molar-refractivity contribution in [3.63, 3.8) is 0 Å². The fourth-order valence-electron chi connectivity index (χ4n) is 7.33. The van der Waals surface area contributed by atoms with Crippen LogP contribution in [-0.2, 0) is 39.9 Å². The molecule has 7 N–H and O–H groups in total. The molecule has 15 heteroatoms. The summed E-state index contributed by atoms with van der Waals surface area (Å²) in [5.74, 6) is -1.14. The van der Waals surface area contributed by atoms with Crippen LogP contribution in [0.15, 0.2) is 54.6 Å². The number of nitrogens with one attached hydrogen (secondary N) is 3. The maximum atomic E-state index is 13.9. The molecule has 1 aliphatic rings. The summed E-state index contributed by atoms with van der Waals surface area (Å²) in [4.78, 5) is 70.5. The lowest BCUT2D eigenvalue weighted by atomic mass is 9.90. The maximum Gasteiger partial charge on any atom is 0.247 e. The molecular weight excluding hydrogens is 801 g/mol. The van der Waals surface area contributed by atoms with Crippen molar-refractivity contribution in [2.24, 2.45) is 23.5 Å². The van der Waals surface area contributed by atoms with Gasteiger partial charge in [-0.1, -0.05) is 91.6 Å². The standard InChI is InChI=1S/C37H54N6O7.C7H17N.C3H8.CH5N/c1-7-24(2)34(42(4)33(46)22-39-23-44)31(49-5)21-32(45)43-19-11-14-30(43)35(50-6)25(3)36(47)41-29(20-26-12-9-8-10-13-26)37(48)40-28-17-15-27(38)16-18-28;1-6(2)7(3)8(4)5;1-3-2;1-2/h8-10,12-13,15-18,23-25,29-31,34-35H,7,11,14,19-22,38H2,1-6H3,(H,39,44)(H,40,48)(H,41,47);6-7H,1-5H3;3H2,1-2H3;2H2,1H3. The van der Waals surface area contributed by atoms with E-state index in [0.29, 0.717) is 36.8 Å². The predicted octanol–water partition coefficient (Wildman–Crippen LogP) is 5.18. The summed E-state index contributed by atoms with van der Waals surface area (Å²) in [5.41, 5.74) is 12.3. The molecular formula is C48H84N8O7. The molecule has 0 spiro atoms. The van der Waals surface area contributed by atoms with Gasteiger partial charge in [0, 0.05) is 51.6 Å². The number of likely N-dealkylation sites (tertiary alicyclic amines) is 1. The second-order valence-electron chi connectivity index (χ2n) is 16.7. The van der Waals surface area contributed by atoms with Gasteiger partial charge >= 0.3 is 0 Å². The van der Waals surface area contributed by atoms with Crippen molar-refractivity contribution in [1.29, 1.82) is 0 Å². The van der Waals surface area contributed by atoms with Gasteiger partial charge in [0.05, 0.1) is 43.2 Å². The molecule has 8 atom stereocenters. The number of hydrogen-bond acceptors (Lipinski definition) is 10. The molecule has 63 heavy (non-hydrogen) atoms. The molecule has 1 fully saturated rings. The third-order valence-corrected chi connectivity index (χ3v) is 11.5. The van der Waals surface area contributed by atoms with Crippen LogP contribution in [0.3, 0.4) is 0 Å². The molecule has 0 aliphatic carbocycles. The van der Waals surface area contributed by atoms with Crippen molar-refractivity contribution in [3.05, 3.63) is 60.2 Å². The summed E-state index contributed by atoms with van der Waals surface area (Å²) in [5, 5.41) is 8.23. The Bertz CT molecular complexity index is 1570. The van der Waals surface area contributed by atoms with Crippen LogP contribution < -0.4 is 27.4 Å². The molecule has 1 aliphatic heterocycles. The first-order chi connectivity index (χ1) is 29.9.